The molecule has 0 aromatic heterocycles. The summed E-state index contributed by atoms with van der Waals surface area (Å²) in [6, 6.07) is 6.10. The number of carbonyl (C=O) groups excluding carboxylic acids is 2. The Bertz CT molecular complexity index is 713. The fourth-order valence-corrected chi connectivity index (χ4v) is 2.80. The van der Waals surface area contributed by atoms with E-state index in [1.807, 2.05) is 6.92 Å². The molecule has 0 aliphatic carbocycles. The first-order valence-electron chi connectivity index (χ1n) is 7.94. The zero-order chi connectivity index (χ0) is 18.4. The summed E-state index contributed by atoms with van der Waals surface area (Å²) in [6.45, 7) is 4.25. The first-order valence-corrected chi connectivity index (χ1v) is 7.94. The molecule has 0 unspecified atom stereocenters. The number of nitrogens with zero attached hydrogens (tertiary/aromatic N) is 1. The molecule has 1 atom stereocenters. The van der Waals surface area contributed by atoms with Crippen molar-refractivity contribution in [3.05, 3.63) is 51.2 Å². The van der Waals surface area contributed by atoms with Gasteiger partial charge in [0.15, 0.2) is 0 Å². The molecule has 0 fully saturated rings. The van der Waals surface area contributed by atoms with Crippen LogP contribution in [0.5, 0.6) is 0 Å². The summed E-state index contributed by atoms with van der Waals surface area (Å²) in [7, 11) is 0. The molecule has 1 heterocycles. The van der Waals surface area contributed by atoms with Crippen LogP contribution < -0.4 is 5.32 Å². The minimum Gasteiger partial charge on any atom is -0.460 e. The first-order chi connectivity index (χ1) is 12.0. The van der Waals surface area contributed by atoms with Gasteiger partial charge in [0, 0.05) is 36.3 Å². The number of hydrogen-bond donors (Lipinski definition) is 1. The minimum absolute atomic E-state index is 0.0575. The molecular formula is C17H20N2O6. The van der Waals surface area contributed by atoms with Crippen LogP contribution >= 0.6 is 0 Å². The van der Waals surface area contributed by atoms with Crippen LogP contribution in [0.4, 0.5) is 5.69 Å². The molecule has 2 rings (SSSR count). The quantitative estimate of drug-likeness (QED) is 0.350. The fraction of sp³-hybridized carbons (Fsp3) is 0.412. The first kappa shape index (κ1) is 18.6. The molecular weight excluding hydrogens is 328 g/mol. The second-order valence-electron chi connectivity index (χ2n) is 5.49. The average Bonchev–Trinajstić information content (AvgIpc) is 2.57. The Morgan fingerprint density at radius 2 is 2.08 bits per heavy atom. The van der Waals surface area contributed by atoms with Gasteiger partial charge in [-0.15, -0.1) is 0 Å². The molecule has 1 aromatic rings. The monoisotopic (exact) mass is 348 g/mol. The molecule has 0 saturated carbocycles. The maximum Gasteiger partial charge on any atom is 0.336 e. The summed E-state index contributed by atoms with van der Waals surface area (Å²) in [5.74, 6) is -1.64. The number of nitro benzene ring substituents is 1. The highest BCUT2D eigenvalue weighted by molar-refractivity contribution is 5.96. The topological polar surface area (TPSA) is 108 Å². The number of hydrogen-bond acceptors (Lipinski definition) is 6. The lowest BCUT2D eigenvalue weighted by atomic mass is 9.83. The number of rotatable bonds is 7. The second kappa shape index (κ2) is 8.39. The zero-order valence-corrected chi connectivity index (χ0v) is 14.1. The van der Waals surface area contributed by atoms with E-state index in [-0.39, 0.29) is 36.8 Å². The van der Waals surface area contributed by atoms with E-state index < -0.39 is 16.8 Å². The van der Waals surface area contributed by atoms with Gasteiger partial charge in [0.05, 0.1) is 17.1 Å². The Hall–Kier alpha value is -2.74. The number of allylic oxidation sites excluding steroid dienone is 1. The summed E-state index contributed by atoms with van der Waals surface area (Å²) >= 11 is 0. The number of amides is 1. The number of carbonyl (C=O) groups is 2. The van der Waals surface area contributed by atoms with E-state index in [2.05, 4.69) is 5.32 Å². The maximum atomic E-state index is 12.5. The van der Waals surface area contributed by atoms with E-state index >= 15 is 0 Å². The average molecular weight is 348 g/mol. The molecule has 1 N–H and O–H groups in total. The van der Waals surface area contributed by atoms with Gasteiger partial charge in [-0.2, -0.15) is 0 Å². The number of esters is 1. The Kier molecular flexibility index (Phi) is 6.24. The summed E-state index contributed by atoms with van der Waals surface area (Å²) in [6.07, 6.45) is -0.0575. The van der Waals surface area contributed by atoms with Gasteiger partial charge in [-0.05, 0) is 13.8 Å². The molecule has 0 spiro atoms. The smallest absolute Gasteiger partial charge is 0.336 e. The Balaban J connectivity index is 2.34. The van der Waals surface area contributed by atoms with Crippen molar-refractivity contribution in [3.63, 3.8) is 0 Å². The molecule has 8 heteroatoms. The SMILES string of the molecule is CCOCCOC(=O)C1=C(C)NC(=O)C[C@@H]1c1ccccc1[N+](=O)[O-]. The molecule has 1 amide bonds. The van der Waals surface area contributed by atoms with Crippen LogP contribution in [-0.2, 0) is 19.1 Å². The summed E-state index contributed by atoms with van der Waals surface area (Å²) in [5.41, 5.74) is 0.763. The Labute approximate surface area is 145 Å². The van der Waals surface area contributed by atoms with Crippen molar-refractivity contribution in [1.29, 1.82) is 0 Å². The molecule has 25 heavy (non-hydrogen) atoms. The van der Waals surface area contributed by atoms with Crippen molar-refractivity contribution in [2.75, 3.05) is 19.8 Å². The lowest BCUT2D eigenvalue weighted by Gasteiger charge is -2.26. The molecule has 0 radical (unpaired) electrons. The van der Waals surface area contributed by atoms with Crippen molar-refractivity contribution in [1.82, 2.24) is 5.32 Å². The molecule has 1 aliphatic rings. The maximum absolute atomic E-state index is 12.5. The zero-order valence-electron chi connectivity index (χ0n) is 14.1. The van der Waals surface area contributed by atoms with Crippen molar-refractivity contribution in [2.24, 2.45) is 0 Å². The van der Waals surface area contributed by atoms with Gasteiger partial charge in [-0.3, -0.25) is 14.9 Å². The number of para-hydroxylation sites is 1. The van der Waals surface area contributed by atoms with Gasteiger partial charge in [-0.1, -0.05) is 18.2 Å². The van der Waals surface area contributed by atoms with Crippen molar-refractivity contribution in [3.8, 4) is 0 Å². The fourth-order valence-electron chi connectivity index (χ4n) is 2.80. The van der Waals surface area contributed by atoms with Crippen LogP contribution in [0.2, 0.25) is 0 Å². The third-order valence-electron chi connectivity index (χ3n) is 3.86. The largest absolute Gasteiger partial charge is 0.460 e. The summed E-state index contributed by atoms with van der Waals surface area (Å²) in [4.78, 5) is 35.2. The van der Waals surface area contributed by atoms with Crippen LogP contribution in [-0.4, -0.2) is 36.6 Å². The van der Waals surface area contributed by atoms with Gasteiger partial charge in [0.1, 0.15) is 6.61 Å². The minimum atomic E-state index is -0.727. The van der Waals surface area contributed by atoms with Gasteiger partial charge in [0.25, 0.3) is 5.69 Å². The van der Waals surface area contributed by atoms with E-state index in [0.717, 1.165) is 0 Å². The predicted molar refractivity (Wildman–Crippen MR) is 88.7 cm³/mol. The highest BCUT2D eigenvalue weighted by Gasteiger charge is 2.36. The third-order valence-corrected chi connectivity index (χ3v) is 3.86. The lowest BCUT2D eigenvalue weighted by Crippen LogP contribution is -2.34. The normalized spacial score (nSPS) is 17.2. The van der Waals surface area contributed by atoms with Gasteiger partial charge in [0.2, 0.25) is 5.91 Å². The summed E-state index contributed by atoms with van der Waals surface area (Å²) < 4.78 is 10.3. The molecule has 1 aliphatic heterocycles. The molecule has 1 aromatic carbocycles. The van der Waals surface area contributed by atoms with Crippen LogP contribution in [0.25, 0.3) is 0 Å². The second-order valence-corrected chi connectivity index (χ2v) is 5.49. The predicted octanol–water partition coefficient (Wildman–Crippen LogP) is 2.05. The molecule has 134 valence electrons. The standard InChI is InChI=1S/C17H20N2O6/c1-3-24-8-9-25-17(21)16-11(2)18-15(20)10-13(16)12-6-4-5-7-14(12)19(22)23/h4-7,13H,3,8-10H2,1-2H3,(H,18,20)/t13-/m1/s1. The highest BCUT2D eigenvalue weighted by atomic mass is 16.6. The van der Waals surface area contributed by atoms with Gasteiger partial charge in [-0.25, -0.2) is 4.79 Å². The number of ether oxygens (including phenoxy) is 2. The summed E-state index contributed by atoms with van der Waals surface area (Å²) in [5, 5.41) is 13.9. The van der Waals surface area contributed by atoms with E-state index in [0.29, 0.717) is 17.9 Å². The van der Waals surface area contributed by atoms with Crippen LogP contribution in [0, 0.1) is 10.1 Å². The van der Waals surface area contributed by atoms with Crippen LogP contribution in [0.1, 0.15) is 31.7 Å². The van der Waals surface area contributed by atoms with Gasteiger partial charge < -0.3 is 14.8 Å². The van der Waals surface area contributed by atoms with E-state index in [9.17, 15) is 19.7 Å². The number of nitro groups is 1. The van der Waals surface area contributed by atoms with Crippen molar-refractivity contribution in [2.45, 2.75) is 26.2 Å². The van der Waals surface area contributed by atoms with Crippen molar-refractivity contribution < 1.29 is 24.0 Å². The van der Waals surface area contributed by atoms with E-state index in [4.69, 9.17) is 9.47 Å². The van der Waals surface area contributed by atoms with E-state index in [1.165, 1.54) is 6.07 Å². The molecule has 0 bridgehead atoms. The number of benzene rings is 1. The Morgan fingerprint density at radius 1 is 1.36 bits per heavy atom. The van der Waals surface area contributed by atoms with Crippen LogP contribution in [0.3, 0.4) is 0 Å². The lowest BCUT2D eigenvalue weighted by molar-refractivity contribution is -0.385. The number of nitrogens with one attached hydrogen (secondary N) is 1. The third kappa shape index (κ3) is 4.42. The Morgan fingerprint density at radius 3 is 2.76 bits per heavy atom. The van der Waals surface area contributed by atoms with Gasteiger partial charge >= 0.3 is 5.97 Å². The van der Waals surface area contributed by atoms with Crippen molar-refractivity contribution >= 4 is 17.6 Å². The highest BCUT2D eigenvalue weighted by Crippen LogP contribution is 2.37. The molecule has 8 nitrogen and oxygen atoms in total. The van der Waals surface area contributed by atoms with E-state index in [1.54, 1.807) is 25.1 Å². The van der Waals surface area contributed by atoms with Crippen LogP contribution in [0.15, 0.2) is 35.5 Å². The molecule has 0 saturated heterocycles.